The average molecular weight is 406 g/mol. The normalized spacial score (nSPS) is 12.1. The van der Waals surface area contributed by atoms with Gasteiger partial charge in [0.1, 0.15) is 8.07 Å². The quantitative estimate of drug-likeness (QED) is 0.292. The lowest BCUT2D eigenvalue weighted by Crippen LogP contribution is -2.45. The summed E-state index contributed by atoms with van der Waals surface area (Å²) in [4.78, 5) is 13.7. The lowest BCUT2D eigenvalue weighted by Gasteiger charge is -2.38. The van der Waals surface area contributed by atoms with E-state index in [2.05, 4.69) is 59.6 Å². The molecule has 1 aromatic rings. The largest absolute Gasteiger partial charge is 0.384 e. The molecule has 1 amide bonds. The minimum atomic E-state index is -3.71. The van der Waals surface area contributed by atoms with E-state index in [0.29, 0.717) is 0 Å². The van der Waals surface area contributed by atoms with Gasteiger partial charge < -0.3 is 4.90 Å². The molecule has 0 aliphatic carbocycles. The SMILES string of the molecule is C=CCN(Cc1ccccc1)C(=O)C(F)(F)C#C[Si](C(C)C)(C(C)C)C(C)C. The molecule has 5 heteroatoms. The average Bonchev–Trinajstić information content (AvgIpc) is 2.61. The van der Waals surface area contributed by atoms with Crippen LogP contribution in [-0.2, 0) is 11.3 Å². The first-order valence-corrected chi connectivity index (χ1v) is 12.1. The molecule has 0 aromatic heterocycles. The fourth-order valence-corrected chi connectivity index (χ4v) is 9.29. The van der Waals surface area contributed by atoms with Gasteiger partial charge in [-0.1, -0.05) is 78.0 Å². The highest BCUT2D eigenvalue weighted by atomic mass is 28.3. The number of alkyl halides is 2. The van der Waals surface area contributed by atoms with Crippen molar-refractivity contribution in [1.82, 2.24) is 4.90 Å². The second-order valence-electron chi connectivity index (χ2n) is 8.18. The van der Waals surface area contributed by atoms with Crippen LogP contribution in [0.15, 0.2) is 43.0 Å². The van der Waals surface area contributed by atoms with Gasteiger partial charge in [-0.2, -0.15) is 8.78 Å². The number of rotatable bonds is 8. The van der Waals surface area contributed by atoms with Gasteiger partial charge in [-0.25, -0.2) is 0 Å². The summed E-state index contributed by atoms with van der Waals surface area (Å²) in [6, 6.07) is 9.09. The van der Waals surface area contributed by atoms with Crippen molar-refractivity contribution in [2.24, 2.45) is 0 Å². The molecule has 0 aliphatic heterocycles. The van der Waals surface area contributed by atoms with Crippen LogP contribution in [-0.4, -0.2) is 31.3 Å². The number of hydrogen-bond donors (Lipinski definition) is 0. The molecule has 0 radical (unpaired) electrons. The molecular formula is C23H33F2NOSi. The van der Waals surface area contributed by atoms with E-state index in [1.54, 1.807) is 12.1 Å². The number of carbonyl (C=O) groups excluding carboxylic acids is 1. The third-order valence-electron chi connectivity index (χ3n) is 5.42. The van der Waals surface area contributed by atoms with E-state index in [4.69, 9.17) is 0 Å². The Morgan fingerprint density at radius 2 is 1.61 bits per heavy atom. The zero-order valence-corrected chi connectivity index (χ0v) is 18.9. The van der Waals surface area contributed by atoms with Gasteiger partial charge >= 0.3 is 11.8 Å². The van der Waals surface area contributed by atoms with Crippen LogP contribution in [0.25, 0.3) is 0 Å². The van der Waals surface area contributed by atoms with Crippen molar-refractivity contribution >= 4 is 14.0 Å². The second-order valence-corrected chi connectivity index (χ2v) is 13.8. The summed E-state index contributed by atoms with van der Waals surface area (Å²) in [5.74, 6) is -2.85. The maximum atomic E-state index is 14.8. The standard InChI is InChI=1S/C23H33F2NOSi/c1-8-15-26(17-21-12-10-9-11-13-21)22(27)23(24,25)14-16-28(18(2)3,19(4)5)20(6)7/h8-13,18-20H,1,15,17H2,2-7H3. The third kappa shape index (κ3) is 5.54. The summed E-state index contributed by atoms with van der Waals surface area (Å²) in [7, 11) is -2.34. The Morgan fingerprint density at radius 1 is 1.11 bits per heavy atom. The number of benzene rings is 1. The second kappa shape index (κ2) is 10.0. The fourth-order valence-electron chi connectivity index (χ4n) is 4.05. The van der Waals surface area contributed by atoms with Crippen LogP contribution in [0.2, 0.25) is 16.6 Å². The molecule has 0 N–H and O–H groups in total. The Morgan fingerprint density at radius 3 is 2.04 bits per heavy atom. The van der Waals surface area contributed by atoms with E-state index >= 15 is 0 Å². The van der Waals surface area contributed by atoms with E-state index in [1.807, 2.05) is 18.2 Å². The smallest absolute Gasteiger partial charge is 0.329 e. The molecule has 0 saturated carbocycles. The lowest BCUT2D eigenvalue weighted by molar-refractivity contribution is -0.149. The van der Waals surface area contributed by atoms with Gasteiger partial charge in [0.25, 0.3) is 0 Å². The Bertz CT molecular complexity index is 695. The van der Waals surface area contributed by atoms with Gasteiger partial charge in [0, 0.05) is 13.1 Å². The summed E-state index contributed by atoms with van der Waals surface area (Å²) < 4.78 is 29.7. The van der Waals surface area contributed by atoms with Crippen molar-refractivity contribution in [2.45, 2.75) is 70.6 Å². The monoisotopic (exact) mass is 405 g/mol. The Kier molecular flexibility index (Phi) is 8.63. The minimum absolute atomic E-state index is 0.0477. The first-order valence-electron chi connectivity index (χ1n) is 9.85. The van der Waals surface area contributed by atoms with Gasteiger partial charge in [-0.15, -0.1) is 12.1 Å². The Balaban J connectivity index is 3.23. The van der Waals surface area contributed by atoms with Gasteiger partial charge in [0.15, 0.2) is 0 Å². The maximum absolute atomic E-state index is 14.8. The first-order chi connectivity index (χ1) is 13.0. The van der Waals surface area contributed by atoms with Crippen molar-refractivity contribution < 1.29 is 13.6 Å². The maximum Gasteiger partial charge on any atom is 0.384 e. The van der Waals surface area contributed by atoms with Crippen LogP contribution in [0.1, 0.15) is 47.1 Å². The van der Waals surface area contributed by atoms with Crippen molar-refractivity contribution in [3.8, 4) is 11.5 Å². The van der Waals surface area contributed by atoms with E-state index in [-0.39, 0.29) is 29.7 Å². The first kappa shape index (κ1) is 24.1. The summed E-state index contributed by atoms with van der Waals surface area (Å²) in [6.07, 6.45) is 1.46. The van der Waals surface area contributed by atoms with Gasteiger partial charge in [0.2, 0.25) is 0 Å². The molecule has 1 aromatic carbocycles. The molecule has 0 saturated heterocycles. The van der Waals surface area contributed by atoms with Crippen LogP contribution >= 0.6 is 0 Å². The topological polar surface area (TPSA) is 20.3 Å². The van der Waals surface area contributed by atoms with E-state index in [9.17, 15) is 13.6 Å². The molecule has 0 heterocycles. The van der Waals surface area contributed by atoms with Crippen molar-refractivity contribution in [1.29, 1.82) is 0 Å². The molecule has 0 unspecified atom stereocenters. The van der Waals surface area contributed by atoms with E-state index < -0.39 is 19.9 Å². The van der Waals surface area contributed by atoms with Crippen molar-refractivity contribution in [3.05, 3.63) is 48.6 Å². The number of halogens is 2. The van der Waals surface area contributed by atoms with Crippen molar-refractivity contribution in [2.75, 3.05) is 6.54 Å². The zero-order valence-electron chi connectivity index (χ0n) is 17.9. The van der Waals surface area contributed by atoms with Crippen LogP contribution < -0.4 is 0 Å². The van der Waals surface area contributed by atoms with Gasteiger partial charge in [-0.05, 0) is 28.1 Å². The summed E-state index contributed by atoms with van der Waals surface area (Å²) in [6.45, 7) is 16.1. The molecule has 0 atom stereocenters. The Labute approximate surface area is 170 Å². The highest BCUT2D eigenvalue weighted by Gasteiger charge is 2.45. The lowest BCUT2D eigenvalue weighted by atomic mass is 10.2. The number of hydrogen-bond acceptors (Lipinski definition) is 1. The predicted molar refractivity (Wildman–Crippen MR) is 116 cm³/mol. The zero-order chi connectivity index (χ0) is 21.5. The summed E-state index contributed by atoms with van der Waals surface area (Å²) in [5.41, 5.74) is 4.43. The molecule has 0 spiro atoms. The molecule has 0 aliphatic rings. The Hall–Kier alpha value is -1.93. The molecule has 28 heavy (non-hydrogen) atoms. The molecule has 2 nitrogen and oxygen atoms in total. The van der Waals surface area contributed by atoms with Gasteiger partial charge in [-0.3, -0.25) is 4.79 Å². The fraction of sp³-hybridized carbons (Fsp3) is 0.522. The summed E-state index contributed by atoms with van der Waals surface area (Å²) >= 11 is 0. The van der Waals surface area contributed by atoms with Crippen molar-refractivity contribution in [3.63, 3.8) is 0 Å². The number of carbonyl (C=O) groups is 1. The van der Waals surface area contributed by atoms with Gasteiger partial charge in [0.05, 0.1) is 0 Å². The summed E-state index contributed by atoms with van der Waals surface area (Å²) in [5, 5.41) is 0. The molecule has 154 valence electrons. The molecule has 0 fully saturated rings. The molecular weight excluding hydrogens is 372 g/mol. The number of nitrogens with zero attached hydrogens (tertiary/aromatic N) is 1. The highest BCUT2D eigenvalue weighted by Crippen LogP contribution is 2.41. The molecule has 1 rings (SSSR count). The van der Waals surface area contributed by atoms with Crippen LogP contribution in [0.3, 0.4) is 0 Å². The minimum Gasteiger partial charge on any atom is -0.329 e. The van der Waals surface area contributed by atoms with E-state index in [0.717, 1.165) is 10.5 Å². The molecule has 0 bridgehead atoms. The third-order valence-corrected chi connectivity index (χ3v) is 11.7. The number of amides is 1. The van der Waals surface area contributed by atoms with Crippen LogP contribution in [0.5, 0.6) is 0 Å². The predicted octanol–water partition coefficient (Wildman–Crippen LogP) is 6.06. The van der Waals surface area contributed by atoms with Crippen LogP contribution in [0.4, 0.5) is 8.78 Å². The van der Waals surface area contributed by atoms with E-state index in [1.165, 1.54) is 6.08 Å². The van der Waals surface area contributed by atoms with Crippen LogP contribution in [0, 0.1) is 11.5 Å². The highest BCUT2D eigenvalue weighted by molar-refractivity contribution is 6.90.